The minimum Gasteiger partial charge on any atom is -0.377 e. The lowest BCUT2D eigenvalue weighted by atomic mass is 9.93. The molecule has 19 heavy (non-hydrogen) atoms. The van der Waals surface area contributed by atoms with Gasteiger partial charge in [-0.2, -0.15) is 0 Å². The molecule has 2 aliphatic carbocycles. The molecule has 0 aromatic heterocycles. The summed E-state index contributed by atoms with van der Waals surface area (Å²) in [7, 11) is 0. The van der Waals surface area contributed by atoms with E-state index in [1.165, 1.54) is 58.0 Å². The quantitative estimate of drug-likeness (QED) is 0.827. The second-order valence-electron chi connectivity index (χ2n) is 7.03. The van der Waals surface area contributed by atoms with Crippen molar-refractivity contribution in [2.45, 2.75) is 63.5 Å². The van der Waals surface area contributed by atoms with Gasteiger partial charge >= 0.3 is 0 Å². The van der Waals surface area contributed by atoms with Gasteiger partial charge in [0.2, 0.25) is 0 Å². The Morgan fingerprint density at radius 2 is 1.95 bits per heavy atom. The van der Waals surface area contributed by atoms with Crippen molar-refractivity contribution in [1.29, 1.82) is 0 Å². The van der Waals surface area contributed by atoms with E-state index in [0.29, 0.717) is 11.6 Å². The lowest BCUT2D eigenvalue weighted by molar-refractivity contribution is 0.00745. The molecule has 3 aliphatic rings. The van der Waals surface area contributed by atoms with Gasteiger partial charge in [-0.25, -0.2) is 0 Å². The average Bonchev–Trinajstić information content (AvgIpc) is 3.25. The Bertz CT molecular complexity index is 286. The van der Waals surface area contributed by atoms with Gasteiger partial charge in [0, 0.05) is 31.7 Å². The number of nitrogens with one attached hydrogen (secondary N) is 1. The van der Waals surface area contributed by atoms with Crippen LogP contribution in [0.25, 0.3) is 0 Å². The Hall–Kier alpha value is -0.120. The predicted molar refractivity (Wildman–Crippen MR) is 78.4 cm³/mol. The zero-order valence-electron chi connectivity index (χ0n) is 12.5. The normalized spacial score (nSPS) is 34.6. The van der Waals surface area contributed by atoms with E-state index in [2.05, 4.69) is 17.1 Å². The predicted octanol–water partition coefficient (Wildman–Crippen LogP) is 2.41. The van der Waals surface area contributed by atoms with Crippen molar-refractivity contribution in [3.05, 3.63) is 0 Å². The van der Waals surface area contributed by atoms with Gasteiger partial charge < -0.3 is 10.1 Å². The maximum absolute atomic E-state index is 6.07. The molecule has 1 unspecified atom stereocenters. The van der Waals surface area contributed by atoms with E-state index in [1.54, 1.807) is 0 Å². The second-order valence-corrected chi connectivity index (χ2v) is 7.03. The first-order chi connectivity index (χ1) is 9.26. The van der Waals surface area contributed by atoms with Crippen molar-refractivity contribution in [1.82, 2.24) is 10.2 Å². The molecule has 1 saturated heterocycles. The number of hydrogen-bond donors (Lipinski definition) is 1. The standard InChI is InChI=1S/C16H30N2O/c1-16(14-7-8-14)13-18(10-9-17-16)11-12-19-15-5-3-2-4-6-15/h14-15,17H,2-13H2,1H3. The fraction of sp³-hybridized carbons (Fsp3) is 1.00. The average molecular weight is 266 g/mol. The highest BCUT2D eigenvalue weighted by Gasteiger charge is 2.43. The molecule has 3 rings (SSSR count). The van der Waals surface area contributed by atoms with Crippen LogP contribution in [0, 0.1) is 5.92 Å². The minimum absolute atomic E-state index is 0.378. The molecule has 0 amide bonds. The Labute approximate surface area is 118 Å². The maximum Gasteiger partial charge on any atom is 0.0597 e. The number of rotatable bonds is 5. The van der Waals surface area contributed by atoms with Crippen molar-refractivity contribution in [2.24, 2.45) is 5.92 Å². The highest BCUT2D eigenvalue weighted by Crippen LogP contribution is 2.40. The summed E-state index contributed by atoms with van der Waals surface area (Å²) in [5.74, 6) is 0.926. The van der Waals surface area contributed by atoms with Gasteiger partial charge in [0.15, 0.2) is 0 Å². The summed E-state index contributed by atoms with van der Waals surface area (Å²) in [6.45, 7) is 8.03. The molecular formula is C16H30N2O. The SMILES string of the molecule is CC1(C2CC2)CN(CCOC2CCCCC2)CCN1. The molecule has 0 aromatic carbocycles. The minimum atomic E-state index is 0.378. The van der Waals surface area contributed by atoms with E-state index in [4.69, 9.17) is 4.74 Å². The third-order valence-electron chi connectivity index (χ3n) is 5.30. The number of ether oxygens (including phenoxy) is 1. The molecule has 1 heterocycles. The highest BCUT2D eigenvalue weighted by atomic mass is 16.5. The smallest absolute Gasteiger partial charge is 0.0597 e. The topological polar surface area (TPSA) is 24.5 Å². The van der Waals surface area contributed by atoms with Crippen LogP contribution in [0.2, 0.25) is 0 Å². The van der Waals surface area contributed by atoms with E-state index in [0.717, 1.165) is 25.6 Å². The molecule has 3 heteroatoms. The molecular weight excluding hydrogens is 236 g/mol. The molecule has 110 valence electrons. The van der Waals surface area contributed by atoms with Crippen LogP contribution in [0.5, 0.6) is 0 Å². The van der Waals surface area contributed by atoms with E-state index in [-0.39, 0.29) is 0 Å². The largest absolute Gasteiger partial charge is 0.377 e. The molecule has 1 aliphatic heterocycles. The van der Waals surface area contributed by atoms with Gasteiger partial charge in [-0.1, -0.05) is 19.3 Å². The van der Waals surface area contributed by atoms with E-state index < -0.39 is 0 Å². The van der Waals surface area contributed by atoms with Crippen LogP contribution in [-0.4, -0.2) is 49.3 Å². The molecule has 0 aromatic rings. The van der Waals surface area contributed by atoms with E-state index >= 15 is 0 Å². The third kappa shape index (κ3) is 3.71. The van der Waals surface area contributed by atoms with Crippen LogP contribution in [0.3, 0.4) is 0 Å². The van der Waals surface area contributed by atoms with Crippen LogP contribution < -0.4 is 5.32 Å². The van der Waals surface area contributed by atoms with Crippen molar-refractivity contribution in [2.75, 3.05) is 32.8 Å². The number of piperazine rings is 1. The van der Waals surface area contributed by atoms with Crippen LogP contribution in [0.4, 0.5) is 0 Å². The van der Waals surface area contributed by atoms with Gasteiger partial charge in [0.25, 0.3) is 0 Å². The Balaban J connectivity index is 1.37. The van der Waals surface area contributed by atoms with Gasteiger partial charge in [0.05, 0.1) is 12.7 Å². The summed E-state index contributed by atoms with van der Waals surface area (Å²) in [6.07, 6.45) is 10.2. The molecule has 0 spiro atoms. The van der Waals surface area contributed by atoms with Crippen LogP contribution >= 0.6 is 0 Å². The Morgan fingerprint density at radius 3 is 2.68 bits per heavy atom. The van der Waals surface area contributed by atoms with Crippen LogP contribution in [0.15, 0.2) is 0 Å². The fourth-order valence-electron chi connectivity index (χ4n) is 3.86. The molecule has 2 saturated carbocycles. The van der Waals surface area contributed by atoms with Crippen LogP contribution in [-0.2, 0) is 4.74 Å². The first kappa shape index (κ1) is 13.8. The molecule has 3 fully saturated rings. The molecule has 1 atom stereocenters. The summed E-state index contributed by atoms with van der Waals surface area (Å²) in [4.78, 5) is 2.61. The second kappa shape index (κ2) is 6.11. The third-order valence-corrected chi connectivity index (χ3v) is 5.30. The zero-order valence-corrected chi connectivity index (χ0v) is 12.5. The van der Waals surface area contributed by atoms with Gasteiger partial charge in [-0.3, -0.25) is 4.90 Å². The highest BCUT2D eigenvalue weighted by molar-refractivity contribution is 5.01. The van der Waals surface area contributed by atoms with Crippen molar-refractivity contribution >= 4 is 0 Å². The number of hydrogen-bond acceptors (Lipinski definition) is 3. The van der Waals surface area contributed by atoms with Crippen molar-refractivity contribution < 1.29 is 4.74 Å². The fourth-order valence-corrected chi connectivity index (χ4v) is 3.86. The first-order valence-corrected chi connectivity index (χ1v) is 8.35. The summed E-state index contributed by atoms with van der Waals surface area (Å²) in [5.41, 5.74) is 0.378. The monoisotopic (exact) mass is 266 g/mol. The van der Waals surface area contributed by atoms with Gasteiger partial charge in [-0.15, -0.1) is 0 Å². The molecule has 3 nitrogen and oxygen atoms in total. The van der Waals surface area contributed by atoms with Crippen molar-refractivity contribution in [3.8, 4) is 0 Å². The van der Waals surface area contributed by atoms with Crippen LogP contribution in [0.1, 0.15) is 51.9 Å². The first-order valence-electron chi connectivity index (χ1n) is 8.35. The summed E-state index contributed by atoms with van der Waals surface area (Å²) in [6, 6.07) is 0. The molecule has 0 radical (unpaired) electrons. The van der Waals surface area contributed by atoms with E-state index in [1.807, 2.05) is 0 Å². The van der Waals surface area contributed by atoms with Crippen molar-refractivity contribution in [3.63, 3.8) is 0 Å². The lowest BCUT2D eigenvalue weighted by Gasteiger charge is -2.42. The van der Waals surface area contributed by atoms with E-state index in [9.17, 15) is 0 Å². The Kier molecular flexibility index (Phi) is 4.45. The number of nitrogens with zero attached hydrogens (tertiary/aromatic N) is 1. The zero-order chi connectivity index (χ0) is 13.1. The van der Waals surface area contributed by atoms with Gasteiger partial charge in [0.1, 0.15) is 0 Å². The lowest BCUT2D eigenvalue weighted by Crippen LogP contribution is -2.60. The summed E-state index contributed by atoms with van der Waals surface area (Å²) < 4.78 is 6.07. The summed E-state index contributed by atoms with van der Waals surface area (Å²) in [5, 5.41) is 3.74. The molecule has 0 bridgehead atoms. The maximum atomic E-state index is 6.07. The Morgan fingerprint density at radius 1 is 1.16 bits per heavy atom. The molecule has 1 N–H and O–H groups in total. The summed E-state index contributed by atoms with van der Waals surface area (Å²) >= 11 is 0. The van der Waals surface area contributed by atoms with Gasteiger partial charge in [-0.05, 0) is 38.5 Å².